The largest absolute Gasteiger partial charge is 0.387 e. The molecule has 10 heavy (non-hydrogen) atoms. The molecular formula is C7H14BNO. The quantitative estimate of drug-likeness (QED) is 0.416. The highest BCUT2D eigenvalue weighted by molar-refractivity contribution is 6.35. The van der Waals surface area contributed by atoms with Crippen LogP contribution in [-0.4, -0.2) is 24.7 Å². The molecule has 2 nitrogen and oxygen atoms in total. The van der Waals surface area contributed by atoms with E-state index in [2.05, 4.69) is 13.5 Å². The van der Waals surface area contributed by atoms with E-state index in [0.29, 0.717) is 0 Å². The molecule has 0 aromatic heterocycles. The summed E-state index contributed by atoms with van der Waals surface area (Å²) < 4.78 is 0. The Balaban J connectivity index is 3.79. The lowest BCUT2D eigenvalue weighted by molar-refractivity contribution is -0.121. The van der Waals surface area contributed by atoms with Crippen molar-refractivity contribution in [3.63, 3.8) is 0 Å². The molecule has 0 aromatic rings. The maximum Gasteiger partial charge on any atom is 0.236 e. The Morgan fingerprint density at radius 1 is 1.80 bits per heavy atom. The standard InChI is InChI=1S/C7H14BNO/c1-4-6-9(8-3)7(10)5-2/h5,8H,2,4,6H2,1,3H3. The highest BCUT2D eigenvalue weighted by Gasteiger charge is 2.04. The van der Waals surface area contributed by atoms with Crippen LogP contribution in [0.15, 0.2) is 12.7 Å². The zero-order valence-corrected chi connectivity index (χ0v) is 6.76. The third-order valence-electron chi connectivity index (χ3n) is 1.36. The van der Waals surface area contributed by atoms with Gasteiger partial charge in [-0.2, -0.15) is 0 Å². The van der Waals surface area contributed by atoms with Gasteiger partial charge in [0.25, 0.3) is 0 Å². The van der Waals surface area contributed by atoms with Crippen molar-refractivity contribution in [1.29, 1.82) is 0 Å². The normalized spacial score (nSPS) is 8.60. The van der Waals surface area contributed by atoms with E-state index in [0.717, 1.165) is 20.4 Å². The monoisotopic (exact) mass is 139 g/mol. The van der Waals surface area contributed by atoms with E-state index < -0.39 is 0 Å². The average Bonchev–Trinajstić information content (AvgIpc) is 1.99. The van der Waals surface area contributed by atoms with E-state index in [9.17, 15) is 4.79 Å². The first-order chi connectivity index (χ1) is 4.76. The smallest absolute Gasteiger partial charge is 0.236 e. The SMILES string of the molecule is C=CC(=O)N(BC)CCC. The molecule has 0 heterocycles. The van der Waals surface area contributed by atoms with Crippen molar-refractivity contribution in [3.8, 4) is 0 Å². The molecular weight excluding hydrogens is 125 g/mol. The first-order valence-electron chi connectivity index (χ1n) is 3.67. The minimum absolute atomic E-state index is 0.0318. The second-order valence-corrected chi connectivity index (χ2v) is 2.12. The van der Waals surface area contributed by atoms with Crippen LogP contribution in [-0.2, 0) is 4.79 Å². The molecule has 0 aliphatic heterocycles. The van der Waals surface area contributed by atoms with Crippen LogP contribution < -0.4 is 0 Å². The molecule has 0 aromatic carbocycles. The van der Waals surface area contributed by atoms with Crippen LogP contribution in [0.25, 0.3) is 0 Å². The molecule has 3 heteroatoms. The molecule has 0 N–H and O–H groups in total. The third-order valence-corrected chi connectivity index (χ3v) is 1.36. The van der Waals surface area contributed by atoms with Gasteiger partial charge in [-0.15, -0.1) is 0 Å². The summed E-state index contributed by atoms with van der Waals surface area (Å²) in [6, 6.07) is 0. The number of carbonyl (C=O) groups excluding carboxylic acids is 1. The van der Waals surface area contributed by atoms with E-state index in [4.69, 9.17) is 0 Å². The van der Waals surface area contributed by atoms with Gasteiger partial charge in [-0.3, -0.25) is 4.79 Å². The summed E-state index contributed by atoms with van der Waals surface area (Å²) in [5.74, 6) is 0.0318. The number of nitrogens with zero attached hydrogens (tertiary/aromatic N) is 1. The van der Waals surface area contributed by atoms with Crippen LogP contribution in [0.1, 0.15) is 13.3 Å². The molecule has 56 valence electrons. The first kappa shape index (κ1) is 9.27. The zero-order chi connectivity index (χ0) is 7.98. The van der Waals surface area contributed by atoms with E-state index in [-0.39, 0.29) is 5.91 Å². The fourth-order valence-corrected chi connectivity index (χ4v) is 0.823. The summed E-state index contributed by atoms with van der Waals surface area (Å²) in [6.07, 6.45) is 2.37. The number of carbonyl (C=O) groups is 1. The van der Waals surface area contributed by atoms with E-state index >= 15 is 0 Å². The number of amides is 1. The van der Waals surface area contributed by atoms with Gasteiger partial charge in [0.2, 0.25) is 13.3 Å². The van der Waals surface area contributed by atoms with Crippen LogP contribution in [0.4, 0.5) is 0 Å². The van der Waals surface area contributed by atoms with Crippen LogP contribution in [0, 0.1) is 0 Å². The summed E-state index contributed by atoms with van der Waals surface area (Å²) in [7, 11) is 0.776. The molecule has 0 spiro atoms. The summed E-state index contributed by atoms with van der Waals surface area (Å²) in [5.41, 5.74) is 0. The molecule has 0 aliphatic carbocycles. The highest BCUT2D eigenvalue weighted by atomic mass is 16.2. The van der Waals surface area contributed by atoms with Gasteiger partial charge in [0.15, 0.2) is 0 Å². The molecule has 0 fully saturated rings. The van der Waals surface area contributed by atoms with Gasteiger partial charge in [-0.25, -0.2) is 0 Å². The fourth-order valence-electron chi connectivity index (χ4n) is 0.823. The Morgan fingerprint density at radius 2 is 2.40 bits per heavy atom. The Hall–Kier alpha value is -0.725. The maximum atomic E-state index is 10.9. The highest BCUT2D eigenvalue weighted by Crippen LogP contribution is 1.90. The molecule has 0 saturated heterocycles. The predicted molar refractivity (Wildman–Crippen MR) is 45.2 cm³/mol. The second-order valence-electron chi connectivity index (χ2n) is 2.12. The van der Waals surface area contributed by atoms with Gasteiger partial charge >= 0.3 is 0 Å². The third kappa shape index (κ3) is 2.71. The molecule has 0 atom stereocenters. The Bertz CT molecular complexity index is 125. The zero-order valence-electron chi connectivity index (χ0n) is 6.76. The predicted octanol–water partition coefficient (Wildman–Crippen LogP) is 0.811. The Kier molecular flexibility index (Phi) is 4.72. The molecule has 0 unspecified atom stereocenters. The summed E-state index contributed by atoms with van der Waals surface area (Å²) >= 11 is 0. The number of hydrogen-bond donors (Lipinski definition) is 0. The van der Waals surface area contributed by atoms with E-state index in [1.54, 1.807) is 4.81 Å². The van der Waals surface area contributed by atoms with Crippen molar-refractivity contribution in [2.24, 2.45) is 0 Å². The van der Waals surface area contributed by atoms with Gasteiger partial charge in [-0.1, -0.05) is 20.3 Å². The molecule has 0 aliphatic rings. The molecule has 0 bridgehead atoms. The van der Waals surface area contributed by atoms with E-state index in [1.165, 1.54) is 6.08 Å². The summed E-state index contributed by atoms with van der Waals surface area (Å²) in [4.78, 5) is 12.7. The van der Waals surface area contributed by atoms with Crippen LogP contribution in [0.2, 0.25) is 6.82 Å². The van der Waals surface area contributed by atoms with Gasteiger partial charge in [0, 0.05) is 6.54 Å². The van der Waals surface area contributed by atoms with Crippen molar-refractivity contribution in [2.75, 3.05) is 6.54 Å². The van der Waals surface area contributed by atoms with Crippen molar-refractivity contribution >= 4 is 13.3 Å². The lowest BCUT2D eigenvalue weighted by Crippen LogP contribution is -2.31. The number of hydrogen-bond acceptors (Lipinski definition) is 1. The Labute approximate surface area is 63.2 Å². The topological polar surface area (TPSA) is 20.3 Å². The van der Waals surface area contributed by atoms with Crippen molar-refractivity contribution in [3.05, 3.63) is 12.7 Å². The van der Waals surface area contributed by atoms with Crippen molar-refractivity contribution < 1.29 is 4.79 Å². The lowest BCUT2D eigenvalue weighted by Gasteiger charge is -2.16. The van der Waals surface area contributed by atoms with Crippen LogP contribution in [0.5, 0.6) is 0 Å². The first-order valence-corrected chi connectivity index (χ1v) is 3.67. The van der Waals surface area contributed by atoms with Crippen molar-refractivity contribution in [1.82, 2.24) is 4.81 Å². The van der Waals surface area contributed by atoms with Crippen LogP contribution in [0.3, 0.4) is 0 Å². The van der Waals surface area contributed by atoms with Gasteiger partial charge in [-0.05, 0) is 12.5 Å². The van der Waals surface area contributed by atoms with Crippen molar-refractivity contribution in [2.45, 2.75) is 20.2 Å². The maximum absolute atomic E-state index is 10.9. The van der Waals surface area contributed by atoms with Gasteiger partial charge in [0.1, 0.15) is 0 Å². The second kappa shape index (κ2) is 5.09. The van der Waals surface area contributed by atoms with Crippen LogP contribution >= 0.6 is 0 Å². The average molecular weight is 139 g/mol. The summed E-state index contributed by atoms with van der Waals surface area (Å²) in [5, 5.41) is 0. The fraction of sp³-hybridized carbons (Fsp3) is 0.571. The minimum Gasteiger partial charge on any atom is -0.387 e. The van der Waals surface area contributed by atoms with E-state index in [1.807, 2.05) is 6.82 Å². The molecule has 0 rings (SSSR count). The molecule has 0 radical (unpaired) electrons. The Morgan fingerprint density at radius 3 is 2.70 bits per heavy atom. The number of rotatable bonds is 4. The van der Waals surface area contributed by atoms with Gasteiger partial charge in [0.05, 0.1) is 0 Å². The minimum atomic E-state index is 0.0318. The summed E-state index contributed by atoms with van der Waals surface area (Å²) in [6.45, 7) is 8.28. The van der Waals surface area contributed by atoms with Gasteiger partial charge < -0.3 is 4.81 Å². The lowest BCUT2D eigenvalue weighted by atomic mass is 9.95. The molecule has 0 saturated carbocycles. The molecule has 1 amide bonds.